The number of rotatable bonds is 6. The lowest BCUT2D eigenvalue weighted by Crippen LogP contribution is -2.44. The first-order chi connectivity index (χ1) is 9.74. The van der Waals surface area contributed by atoms with Crippen molar-refractivity contribution >= 4 is 5.97 Å². The Kier molecular flexibility index (Phi) is 5.56. The summed E-state index contributed by atoms with van der Waals surface area (Å²) in [4.78, 5) is 14.1. The molecule has 0 aliphatic carbocycles. The summed E-state index contributed by atoms with van der Waals surface area (Å²) in [6.07, 6.45) is 1.16. The first-order valence-electron chi connectivity index (χ1n) is 7.35. The van der Waals surface area contributed by atoms with Crippen LogP contribution in [0.25, 0.3) is 0 Å². The average molecular weight is 276 g/mol. The predicted molar refractivity (Wildman–Crippen MR) is 79.7 cm³/mol. The summed E-state index contributed by atoms with van der Waals surface area (Å²) in [6, 6.07) is 10.4. The molecule has 1 N–H and O–H groups in total. The fourth-order valence-corrected chi connectivity index (χ4v) is 2.78. The Labute approximate surface area is 121 Å². The summed E-state index contributed by atoms with van der Waals surface area (Å²) in [5.41, 5.74) is 1.40. The highest BCUT2D eigenvalue weighted by Gasteiger charge is 2.28. The molecule has 0 amide bonds. The minimum atomic E-state index is -0.232. The van der Waals surface area contributed by atoms with E-state index in [-0.39, 0.29) is 12.0 Å². The van der Waals surface area contributed by atoms with E-state index in [1.54, 1.807) is 0 Å². The van der Waals surface area contributed by atoms with Crippen molar-refractivity contribution < 1.29 is 9.53 Å². The molecule has 1 saturated heterocycles. The molecule has 0 saturated carbocycles. The smallest absolute Gasteiger partial charge is 0.324 e. The molecule has 0 bridgehead atoms. The topological polar surface area (TPSA) is 41.6 Å². The van der Waals surface area contributed by atoms with Gasteiger partial charge in [0.1, 0.15) is 6.04 Å². The Hall–Kier alpha value is -1.39. The van der Waals surface area contributed by atoms with E-state index < -0.39 is 0 Å². The number of benzene rings is 1. The molecule has 4 nitrogen and oxygen atoms in total. The second-order valence-electron chi connectivity index (χ2n) is 5.25. The average Bonchev–Trinajstić information content (AvgIpc) is 2.94. The van der Waals surface area contributed by atoms with E-state index in [2.05, 4.69) is 34.5 Å². The van der Waals surface area contributed by atoms with Gasteiger partial charge in [0, 0.05) is 13.1 Å². The van der Waals surface area contributed by atoms with Crippen LogP contribution in [0.2, 0.25) is 0 Å². The predicted octanol–water partition coefficient (Wildman–Crippen LogP) is 1.63. The first kappa shape index (κ1) is 15.0. The number of hydrogen-bond donors (Lipinski definition) is 1. The lowest BCUT2D eigenvalue weighted by molar-refractivity contribution is -0.145. The molecule has 1 fully saturated rings. The quantitative estimate of drug-likeness (QED) is 0.802. The van der Waals surface area contributed by atoms with Gasteiger partial charge in [-0.1, -0.05) is 30.3 Å². The summed E-state index contributed by atoms with van der Waals surface area (Å²) in [6.45, 7) is 5.05. The molecule has 20 heavy (non-hydrogen) atoms. The van der Waals surface area contributed by atoms with Gasteiger partial charge in [-0.3, -0.25) is 4.79 Å². The number of carbonyl (C=O) groups is 1. The normalized spacial score (nSPS) is 20.8. The Balaban J connectivity index is 1.88. The minimum Gasteiger partial charge on any atom is -0.465 e. The van der Waals surface area contributed by atoms with Crippen LogP contribution in [-0.2, 0) is 9.53 Å². The maximum absolute atomic E-state index is 11.8. The zero-order valence-corrected chi connectivity index (χ0v) is 12.3. The van der Waals surface area contributed by atoms with Crippen LogP contribution < -0.4 is 5.32 Å². The maximum Gasteiger partial charge on any atom is 0.324 e. The Morgan fingerprint density at radius 2 is 2.20 bits per heavy atom. The summed E-state index contributed by atoms with van der Waals surface area (Å²) < 4.78 is 5.09. The second kappa shape index (κ2) is 7.41. The number of likely N-dealkylation sites (tertiary alicyclic amines) is 1. The Morgan fingerprint density at radius 1 is 1.45 bits per heavy atom. The minimum absolute atomic E-state index is 0.154. The third-order valence-corrected chi connectivity index (χ3v) is 3.90. The molecule has 1 aliphatic heterocycles. The van der Waals surface area contributed by atoms with Crippen molar-refractivity contribution in [3.8, 4) is 0 Å². The molecule has 4 heteroatoms. The monoisotopic (exact) mass is 276 g/mol. The summed E-state index contributed by atoms with van der Waals surface area (Å²) in [5.74, 6) is 0.425. The Bertz CT molecular complexity index is 422. The van der Waals surface area contributed by atoms with Gasteiger partial charge < -0.3 is 15.0 Å². The molecule has 2 atom stereocenters. The van der Waals surface area contributed by atoms with Gasteiger partial charge in [-0.25, -0.2) is 0 Å². The summed E-state index contributed by atoms with van der Waals surface area (Å²) in [5, 5.41) is 3.05. The highest BCUT2D eigenvalue weighted by Crippen LogP contribution is 2.26. The van der Waals surface area contributed by atoms with E-state index in [0.29, 0.717) is 12.5 Å². The number of hydrogen-bond acceptors (Lipinski definition) is 4. The van der Waals surface area contributed by atoms with E-state index in [1.165, 1.54) is 5.56 Å². The Morgan fingerprint density at radius 3 is 2.85 bits per heavy atom. The van der Waals surface area contributed by atoms with Crippen LogP contribution in [0.1, 0.15) is 24.8 Å². The molecular formula is C16H24N2O2. The molecule has 2 rings (SSSR count). The van der Waals surface area contributed by atoms with Crippen molar-refractivity contribution in [2.75, 3.05) is 33.3 Å². The van der Waals surface area contributed by atoms with Gasteiger partial charge in [0.15, 0.2) is 0 Å². The zero-order chi connectivity index (χ0) is 14.4. The molecule has 0 aromatic heterocycles. The van der Waals surface area contributed by atoms with Crippen molar-refractivity contribution in [2.24, 2.45) is 0 Å². The molecule has 2 unspecified atom stereocenters. The van der Waals surface area contributed by atoms with Crippen LogP contribution in [0.4, 0.5) is 0 Å². The number of nitrogens with one attached hydrogen (secondary N) is 1. The molecule has 0 radical (unpaired) electrons. The van der Waals surface area contributed by atoms with Gasteiger partial charge in [0.05, 0.1) is 6.61 Å². The van der Waals surface area contributed by atoms with Crippen molar-refractivity contribution in [1.29, 1.82) is 0 Å². The van der Waals surface area contributed by atoms with E-state index >= 15 is 0 Å². The largest absolute Gasteiger partial charge is 0.465 e. The van der Waals surface area contributed by atoms with Crippen molar-refractivity contribution in [3.05, 3.63) is 35.9 Å². The maximum atomic E-state index is 11.8. The van der Waals surface area contributed by atoms with Gasteiger partial charge in [-0.15, -0.1) is 0 Å². The van der Waals surface area contributed by atoms with Crippen molar-refractivity contribution in [3.63, 3.8) is 0 Å². The zero-order valence-electron chi connectivity index (χ0n) is 12.3. The number of carbonyl (C=O) groups excluding carboxylic acids is 1. The molecule has 1 aliphatic rings. The van der Waals surface area contributed by atoms with Crippen LogP contribution in [0, 0.1) is 0 Å². The molecular weight excluding hydrogens is 252 g/mol. The molecule has 0 spiro atoms. The van der Waals surface area contributed by atoms with Crippen molar-refractivity contribution in [2.45, 2.75) is 25.3 Å². The summed E-state index contributed by atoms with van der Waals surface area (Å²) >= 11 is 0. The van der Waals surface area contributed by atoms with E-state index in [1.807, 2.05) is 20.0 Å². The van der Waals surface area contributed by atoms with Gasteiger partial charge in [0.25, 0.3) is 0 Å². The highest BCUT2D eigenvalue weighted by molar-refractivity contribution is 5.76. The van der Waals surface area contributed by atoms with Gasteiger partial charge in [-0.05, 0) is 38.4 Å². The van der Waals surface area contributed by atoms with Crippen LogP contribution in [0.3, 0.4) is 0 Å². The number of nitrogens with zero attached hydrogens (tertiary/aromatic N) is 1. The number of esters is 1. The lowest BCUT2D eigenvalue weighted by Gasteiger charge is -2.22. The van der Waals surface area contributed by atoms with Gasteiger partial charge in [0.2, 0.25) is 0 Å². The SMILES string of the molecule is CCOC(=O)C(CN1CCC(c2ccccc2)C1)NC. The van der Waals surface area contributed by atoms with Gasteiger partial charge in [-0.2, -0.15) is 0 Å². The van der Waals surface area contributed by atoms with E-state index in [0.717, 1.165) is 26.1 Å². The standard InChI is InChI=1S/C16H24N2O2/c1-3-20-16(19)15(17-2)12-18-10-9-14(11-18)13-7-5-4-6-8-13/h4-8,14-15,17H,3,9-12H2,1-2H3. The number of likely N-dealkylation sites (N-methyl/N-ethyl adjacent to an activating group) is 1. The lowest BCUT2D eigenvalue weighted by atomic mass is 9.99. The molecule has 1 heterocycles. The summed E-state index contributed by atoms with van der Waals surface area (Å²) in [7, 11) is 1.81. The van der Waals surface area contributed by atoms with Crippen LogP contribution in [0.15, 0.2) is 30.3 Å². The fourth-order valence-electron chi connectivity index (χ4n) is 2.78. The third kappa shape index (κ3) is 3.81. The van der Waals surface area contributed by atoms with Crippen LogP contribution in [-0.4, -0.2) is 50.2 Å². The fraction of sp³-hybridized carbons (Fsp3) is 0.562. The second-order valence-corrected chi connectivity index (χ2v) is 5.25. The van der Waals surface area contributed by atoms with E-state index in [9.17, 15) is 4.79 Å². The van der Waals surface area contributed by atoms with E-state index in [4.69, 9.17) is 4.74 Å². The first-order valence-corrected chi connectivity index (χ1v) is 7.35. The third-order valence-electron chi connectivity index (χ3n) is 3.90. The molecule has 1 aromatic rings. The van der Waals surface area contributed by atoms with Gasteiger partial charge >= 0.3 is 5.97 Å². The van der Waals surface area contributed by atoms with Crippen LogP contribution in [0.5, 0.6) is 0 Å². The van der Waals surface area contributed by atoms with Crippen molar-refractivity contribution in [1.82, 2.24) is 10.2 Å². The highest BCUT2D eigenvalue weighted by atomic mass is 16.5. The molecule has 110 valence electrons. The van der Waals surface area contributed by atoms with Crippen LogP contribution >= 0.6 is 0 Å². The number of ether oxygens (including phenoxy) is 1. The molecule has 1 aromatic carbocycles.